The molecule has 2 rings (SSSR count). The molecular weight excluding hydrogens is 282 g/mol. The lowest BCUT2D eigenvalue weighted by Gasteiger charge is -2.13. The maximum absolute atomic E-state index is 13.1. The van der Waals surface area contributed by atoms with E-state index in [2.05, 4.69) is 9.97 Å². The Morgan fingerprint density at radius 2 is 1.81 bits per heavy atom. The van der Waals surface area contributed by atoms with Gasteiger partial charge >= 0.3 is 0 Å². The summed E-state index contributed by atoms with van der Waals surface area (Å²) < 4.78 is 36.2. The van der Waals surface area contributed by atoms with Crippen molar-refractivity contribution in [2.45, 2.75) is 12.5 Å². The highest BCUT2D eigenvalue weighted by atomic mass is 19.1. The Labute approximate surface area is 120 Å². The molecule has 0 radical (unpaired) electrons. The van der Waals surface area contributed by atoms with Crippen LogP contribution in [0.4, 0.5) is 8.78 Å². The minimum atomic E-state index is -1.11. The SMILES string of the molecule is COc1cnc(C(O)Cc2cc(F)cc(F)c2)c(OC)n1. The van der Waals surface area contributed by atoms with Crippen molar-refractivity contribution < 1.29 is 23.4 Å². The molecule has 1 unspecified atom stereocenters. The van der Waals surface area contributed by atoms with Crippen LogP contribution in [0, 0.1) is 11.6 Å². The molecule has 21 heavy (non-hydrogen) atoms. The summed E-state index contributed by atoms with van der Waals surface area (Å²) in [4.78, 5) is 8.00. The molecule has 1 aromatic carbocycles. The summed E-state index contributed by atoms with van der Waals surface area (Å²) in [6.45, 7) is 0. The van der Waals surface area contributed by atoms with Gasteiger partial charge in [-0.25, -0.2) is 13.8 Å². The number of aliphatic hydroxyl groups excluding tert-OH is 1. The molecular formula is C14H14F2N2O3. The van der Waals surface area contributed by atoms with Gasteiger partial charge in [-0.15, -0.1) is 0 Å². The highest BCUT2D eigenvalue weighted by Gasteiger charge is 2.18. The van der Waals surface area contributed by atoms with Crippen molar-refractivity contribution in [2.75, 3.05) is 14.2 Å². The van der Waals surface area contributed by atoms with Crippen LogP contribution in [0.15, 0.2) is 24.4 Å². The van der Waals surface area contributed by atoms with Crippen LogP contribution in [-0.4, -0.2) is 29.3 Å². The molecule has 0 fully saturated rings. The number of rotatable bonds is 5. The fraction of sp³-hybridized carbons (Fsp3) is 0.286. The number of hydrogen-bond acceptors (Lipinski definition) is 5. The van der Waals surface area contributed by atoms with Gasteiger partial charge in [0, 0.05) is 12.5 Å². The molecule has 0 aliphatic carbocycles. The van der Waals surface area contributed by atoms with Crippen molar-refractivity contribution in [3.8, 4) is 11.8 Å². The highest BCUT2D eigenvalue weighted by Crippen LogP contribution is 2.26. The smallest absolute Gasteiger partial charge is 0.241 e. The molecule has 1 aromatic heterocycles. The maximum Gasteiger partial charge on any atom is 0.241 e. The second-order valence-corrected chi connectivity index (χ2v) is 4.30. The molecule has 1 heterocycles. The summed E-state index contributed by atoms with van der Waals surface area (Å²) >= 11 is 0. The fourth-order valence-corrected chi connectivity index (χ4v) is 1.89. The first kappa shape index (κ1) is 15.1. The topological polar surface area (TPSA) is 64.5 Å². The molecule has 0 bridgehead atoms. The van der Waals surface area contributed by atoms with Gasteiger partial charge in [-0.05, 0) is 17.7 Å². The molecule has 0 spiro atoms. The van der Waals surface area contributed by atoms with E-state index in [0.29, 0.717) is 5.56 Å². The zero-order chi connectivity index (χ0) is 15.4. The lowest BCUT2D eigenvalue weighted by Crippen LogP contribution is -2.09. The summed E-state index contributed by atoms with van der Waals surface area (Å²) in [7, 11) is 2.80. The molecule has 5 nitrogen and oxygen atoms in total. The van der Waals surface area contributed by atoms with Crippen LogP contribution >= 0.6 is 0 Å². The van der Waals surface area contributed by atoms with Crippen LogP contribution in [-0.2, 0) is 6.42 Å². The normalized spacial score (nSPS) is 12.0. The van der Waals surface area contributed by atoms with Gasteiger partial charge < -0.3 is 14.6 Å². The van der Waals surface area contributed by atoms with Gasteiger partial charge in [0.15, 0.2) is 0 Å². The number of nitrogens with zero attached hydrogens (tertiary/aromatic N) is 2. The van der Waals surface area contributed by atoms with Gasteiger partial charge in [-0.2, -0.15) is 4.98 Å². The average molecular weight is 296 g/mol. The second-order valence-electron chi connectivity index (χ2n) is 4.30. The van der Waals surface area contributed by atoms with Gasteiger partial charge in [0.2, 0.25) is 11.8 Å². The van der Waals surface area contributed by atoms with E-state index >= 15 is 0 Å². The van der Waals surface area contributed by atoms with Crippen molar-refractivity contribution in [2.24, 2.45) is 0 Å². The number of methoxy groups -OCH3 is 2. The first-order valence-corrected chi connectivity index (χ1v) is 6.11. The Morgan fingerprint density at radius 3 is 2.38 bits per heavy atom. The van der Waals surface area contributed by atoms with E-state index in [1.165, 1.54) is 20.4 Å². The average Bonchev–Trinajstić information content (AvgIpc) is 2.45. The third-order valence-corrected chi connectivity index (χ3v) is 2.81. The predicted octanol–water partition coefficient (Wildman–Crippen LogP) is 2.05. The molecule has 1 N–H and O–H groups in total. The van der Waals surface area contributed by atoms with Crippen molar-refractivity contribution >= 4 is 0 Å². The van der Waals surface area contributed by atoms with Gasteiger partial charge in [-0.3, -0.25) is 0 Å². The van der Waals surface area contributed by atoms with Crippen LogP contribution in [0.2, 0.25) is 0 Å². The summed E-state index contributed by atoms with van der Waals surface area (Å²) in [5.74, 6) is -1.08. The van der Waals surface area contributed by atoms with E-state index in [9.17, 15) is 13.9 Å². The molecule has 0 saturated heterocycles. The second kappa shape index (κ2) is 6.45. The molecule has 112 valence electrons. The number of halogens is 2. The summed E-state index contributed by atoms with van der Waals surface area (Å²) in [6, 6.07) is 3.06. The zero-order valence-corrected chi connectivity index (χ0v) is 11.5. The number of aromatic nitrogens is 2. The molecule has 0 amide bonds. The summed E-state index contributed by atoms with van der Waals surface area (Å²) in [5.41, 5.74) is 0.475. The van der Waals surface area contributed by atoms with Gasteiger partial charge in [0.25, 0.3) is 0 Å². The van der Waals surface area contributed by atoms with Crippen LogP contribution < -0.4 is 9.47 Å². The van der Waals surface area contributed by atoms with Gasteiger partial charge in [-0.1, -0.05) is 0 Å². The number of benzene rings is 1. The van der Waals surface area contributed by atoms with Crippen LogP contribution in [0.25, 0.3) is 0 Å². The van der Waals surface area contributed by atoms with Crippen molar-refractivity contribution in [3.63, 3.8) is 0 Å². The lowest BCUT2D eigenvalue weighted by molar-refractivity contribution is 0.166. The summed E-state index contributed by atoms with van der Waals surface area (Å²) in [5, 5.41) is 10.2. The summed E-state index contributed by atoms with van der Waals surface area (Å²) in [6.07, 6.45) is 0.193. The standard InChI is InChI=1S/C14H14F2N2O3/c1-20-12-7-17-13(14(18-12)21-2)11(19)5-8-3-9(15)6-10(16)4-8/h3-4,6-7,11,19H,5H2,1-2H3. The Morgan fingerprint density at radius 1 is 1.14 bits per heavy atom. The van der Waals surface area contributed by atoms with Crippen molar-refractivity contribution in [1.29, 1.82) is 0 Å². The van der Waals surface area contributed by atoms with E-state index in [1.807, 2.05) is 0 Å². The molecule has 0 aliphatic rings. The lowest BCUT2D eigenvalue weighted by atomic mass is 10.1. The van der Waals surface area contributed by atoms with E-state index in [1.54, 1.807) is 0 Å². The Kier molecular flexibility index (Phi) is 4.64. The third-order valence-electron chi connectivity index (χ3n) is 2.81. The van der Waals surface area contributed by atoms with Crippen LogP contribution in [0.1, 0.15) is 17.4 Å². The van der Waals surface area contributed by atoms with E-state index < -0.39 is 17.7 Å². The molecule has 0 saturated carbocycles. The number of hydrogen-bond donors (Lipinski definition) is 1. The predicted molar refractivity (Wildman–Crippen MR) is 70.2 cm³/mol. The van der Waals surface area contributed by atoms with E-state index in [0.717, 1.165) is 18.2 Å². The Bertz CT molecular complexity index is 617. The number of aliphatic hydroxyl groups is 1. The minimum Gasteiger partial charge on any atom is -0.480 e. The molecule has 0 aliphatic heterocycles. The van der Waals surface area contributed by atoms with E-state index in [4.69, 9.17) is 9.47 Å². The van der Waals surface area contributed by atoms with Crippen molar-refractivity contribution in [1.82, 2.24) is 9.97 Å². The number of ether oxygens (including phenoxy) is 2. The highest BCUT2D eigenvalue weighted by molar-refractivity contribution is 5.27. The molecule has 2 aromatic rings. The Balaban J connectivity index is 2.25. The quantitative estimate of drug-likeness (QED) is 0.915. The van der Waals surface area contributed by atoms with Crippen LogP contribution in [0.3, 0.4) is 0 Å². The molecule has 1 atom stereocenters. The van der Waals surface area contributed by atoms with Crippen molar-refractivity contribution in [3.05, 3.63) is 47.3 Å². The largest absolute Gasteiger partial charge is 0.480 e. The van der Waals surface area contributed by atoms with Gasteiger partial charge in [0.1, 0.15) is 23.4 Å². The molecule has 7 heteroatoms. The maximum atomic E-state index is 13.1. The van der Waals surface area contributed by atoms with Crippen LogP contribution in [0.5, 0.6) is 11.8 Å². The minimum absolute atomic E-state index is 0.0218. The fourth-order valence-electron chi connectivity index (χ4n) is 1.89. The Hall–Kier alpha value is -2.28. The van der Waals surface area contributed by atoms with E-state index in [-0.39, 0.29) is 23.9 Å². The zero-order valence-electron chi connectivity index (χ0n) is 11.5. The first-order valence-electron chi connectivity index (χ1n) is 6.11. The first-order chi connectivity index (χ1) is 10.0. The monoisotopic (exact) mass is 296 g/mol. The third kappa shape index (κ3) is 3.63. The van der Waals surface area contributed by atoms with Gasteiger partial charge in [0.05, 0.1) is 20.4 Å².